The number of aryl methyl sites for hydroxylation is 1. The molecule has 3 aromatic rings. The SMILES string of the molecule is CCn1c(CN[C@H](C)c2ccccc2)nc2cc(S(=O)(=O)N3CCOCC3)ccc21. The number of morpholine rings is 1. The summed E-state index contributed by atoms with van der Waals surface area (Å²) in [7, 11) is -3.54. The Kier molecular flexibility index (Phi) is 6.19. The van der Waals surface area contributed by atoms with E-state index in [-0.39, 0.29) is 10.9 Å². The number of rotatable bonds is 7. The fraction of sp³-hybridized carbons (Fsp3) is 0.409. The number of fused-ring (bicyclic) bond motifs is 1. The maximum absolute atomic E-state index is 13.0. The second-order valence-corrected chi connectivity index (χ2v) is 9.39. The minimum absolute atomic E-state index is 0.188. The number of nitrogens with one attached hydrogen (secondary N) is 1. The van der Waals surface area contributed by atoms with E-state index in [2.05, 4.69) is 35.9 Å². The zero-order valence-electron chi connectivity index (χ0n) is 17.4. The predicted octanol–water partition coefficient (Wildman–Crippen LogP) is 2.93. The third-order valence-electron chi connectivity index (χ3n) is 5.59. The van der Waals surface area contributed by atoms with Crippen LogP contribution in [0.3, 0.4) is 0 Å². The van der Waals surface area contributed by atoms with Crippen LogP contribution < -0.4 is 5.32 Å². The summed E-state index contributed by atoms with van der Waals surface area (Å²) in [6.07, 6.45) is 0. The lowest BCUT2D eigenvalue weighted by Crippen LogP contribution is -2.40. The molecular weight excluding hydrogens is 400 g/mol. The Morgan fingerprint density at radius 1 is 1.13 bits per heavy atom. The number of ether oxygens (including phenoxy) is 1. The molecule has 30 heavy (non-hydrogen) atoms. The Morgan fingerprint density at radius 2 is 1.87 bits per heavy atom. The van der Waals surface area contributed by atoms with Crippen LogP contribution >= 0.6 is 0 Å². The summed E-state index contributed by atoms with van der Waals surface area (Å²) in [4.78, 5) is 5.05. The summed E-state index contributed by atoms with van der Waals surface area (Å²) >= 11 is 0. The first-order valence-corrected chi connectivity index (χ1v) is 11.8. The fourth-order valence-electron chi connectivity index (χ4n) is 3.85. The molecule has 1 fully saturated rings. The summed E-state index contributed by atoms with van der Waals surface area (Å²) in [6, 6.07) is 15.7. The van der Waals surface area contributed by atoms with Crippen LogP contribution in [0.25, 0.3) is 11.0 Å². The van der Waals surface area contributed by atoms with Gasteiger partial charge in [-0.25, -0.2) is 13.4 Å². The van der Waals surface area contributed by atoms with E-state index >= 15 is 0 Å². The Hall–Kier alpha value is -2.26. The molecule has 0 bridgehead atoms. The lowest BCUT2D eigenvalue weighted by atomic mass is 10.1. The van der Waals surface area contributed by atoms with E-state index in [9.17, 15) is 8.42 Å². The van der Waals surface area contributed by atoms with E-state index in [0.29, 0.717) is 38.4 Å². The van der Waals surface area contributed by atoms with E-state index in [1.54, 1.807) is 12.1 Å². The van der Waals surface area contributed by atoms with Gasteiger partial charge in [0.05, 0.1) is 35.7 Å². The molecule has 0 radical (unpaired) electrons. The van der Waals surface area contributed by atoms with Gasteiger partial charge in [-0.05, 0) is 37.6 Å². The minimum Gasteiger partial charge on any atom is -0.379 e. The van der Waals surface area contributed by atoms with E-state index in [1.165, 1.54) is 9.87 Å². The van der Waals surface area contributed by atoms with Crippen molar-refractivity contribution >= 4 is 21.1 Å². The maximum atomic E-state index is 13.0. The smallest absolute Gasteiger partial charge is 0.243 e. The summed E-state index contributed by atoms with van der Waals surface area (Å²) in [6.45, 7) is 7.20. The van der Waals surface area contributed by atoms with Crippen LogP contribution in [0.1, 0.15) is 31.3 Å². The van der Waals surface area contributed by atoms with Gasteiger partial charge in [0.15, 0.2) is 0 Å². The van der Waals surface area contributed by atoms with E-state index in [1.807, 2.05) is 24.3 Å². The first kappa shape index (κ1) is 21.0. The van der Waals surface area contributed by atoms with Crippen molar-refractivity contribution in [2.24, 2.45) is 0 Å². The van der Waals surface area contributed by atoms with E-state index < -0.39 is 10.0 Å². The molecule has 1 aliphatic heterocycles. The van der Waals surface area contributed by atoms with Crippen LogP contribution in [-0.2, 0) is 27.8 Å². The molecule has 0 saturated carbocycles. The highest BCUT2D eigenvalue weighted by molar-refractivity contribution is 7.89. The van der Waals surface area contributed by atoms with Crippen molar-refractivity contribution < 1.29 is 13.2 Å². The molecule has 0 spiro atoms. The van der Waals surface area contributed by atoms with Crippen LogP contribution in [0.5, 0.6) is 0 Å². The molecule has 2 aromatic carbocycles. The molecule has 8 heteroatoms. The normalized spacial score (nSPS) is 16.7. The quantitative estimate of drug-likeness (QED) is 0.626. The number of nitrogens with zero attached hydrogens (tertiary/aromatic N) is 3. The van der Waals surface area contributed by atoms with Crippen molar-refractivity contribution in [3.05, 3.63) is 59.9 Å². The van der Waals surface area contributed by atoms with Crippen LogP contribution in [0.2, 0.25) is 0 Å². The number of sulfonamides is 1. The molecule has 2 heterocycles. The highest BCUT2D eigenvalue weighted by Crippen LogP contribution is 2.24. The molecule has 160 valence electrons. The van der Waals surface area contributed by atoms with Crippen molar-refractivity contribution in [2.75, 3.05) is 26.3 Å². The molecule has 1 aliphatic rings. The summed E-state index contributed by atoms with van der Waals surface area (Å²) < 4.78 is 34.9. The number of hydrogen-bond acceptors (Lipinski definition) is 5. The molecule has 1 aromatic heterocycles. The van der Waals surface area contributed by atoms with Crippen LogP contribution in [0.15, 0.2) is 53.4 Å². The Bertz CT molecular complexity index is 1110. The van der Waals surface area contributed by atoms with Gasteiger partial charge < -0.3 is 14.6 Å². The standard InChI is InChI=1S/C22H28N4O3S/c1-3-26-21-10-9-19(30(27,28)25-11-13-29-14-12-25)15-20(21)24-22(26)16-23-17(2)18-7-5-4-6-8-18/h4-10,15,17,23H,3,11-14,16H2,1-2H3/t17-/m1/s1. The van der Waals surface area contributed by atoms with E-state index in [0.717, 1.165) is 17.9 Å². The first-order valence-electron chi connectivity index (χ1n) is 10.4. The number of hydrogen-bond donors (Lipinski definition) is 1. The molecule has 0 amide bonds. The highest BCUT2D eigenvalue weighted by atomic mass is 32.2. The zero-order valence-corrected chi connectivity index (χ0v) is 18.2. The van der Waals surface area contributed by atoms with Gasteiger partial charge in [0.1, 0.15) is 5.82 Å². The largest absolute Gasteiger partial charge is 0.379 e. The minimum atomic E-state index is -3.54. The van der Waals surface area contributed by atoms with E-state index in [4.69, 9.17) is 9.72 Å². The average molecular weight is 429 g/mol. The van der Waals surface area contributed by atoms with Crippen LogP contribution in [0, 0.1) is 0 Å². The van der Waals surface area contributed by atoms with Crippen LogP contribution in [-0.4, -0.2) is 48.6 Å². The second-order valence-electron chi connectivity index (χ2n) is 7.45. The lowest BCUT2D eigenvalue weighted by molar-refractivity contribution is 0.0730. The van der Waals surface area contributed by atoms with Gasteiger partial charge in [-0.2, -0.15) is 4.31 Å². The molecule has 1 atom stereocenters. The monoisotopic (exact) mass is 428 g/mol. The Balaban J connectivity index is 1.59. The summed E-state index contributed by atoms with van der Waals surface area (Å²) in [5.41, 5.74) is 2.87. The first-order chi connectivity index (χ1) is 14.5. The zero-order chi connectivity index (χ0) is 21.1. The molecule has 0 aliphatic carbocycles. The third kappa shape index (κ3) is 4.13. The maximum Gasteiger partial charge on any atom is 0.243 e. The van der Waals surface area contributed by atoms with Gasteiger partial charge >= 0.3 is 0 Å². The average Bonchev–Trinajstić information content (AvgIpc) is 3.15. The number of imidazole rings is 1. The summed E-state index contributed by atoms with van der Waals surface area (Å²) in [5, 5.41) is 3.52. The number of benzene rings is 2. The Labute approximate surface area is 177 Å². The van der Waals surface area contributed by atoms with Gasteiger partial charge in [-0.1, -0.05) is 30.3 Å². The van der Waals surface area contributed by atoms with Crippen molar-refractivity contribution in [3.63, 3.8) is 0 Å². The van der Waals surface area contributed by atoms with Gasteiger partial charge in [0.2, 0.25) is 10.0 Å². The van der Waals surface area contributed by atoms with Crippen molar-refractivity contribution in [1.29, 1.82) is 0 Å². The lowest BCUT2D eigenvalue weighted by Gasteiger charge is -2.26. The number of aromatic nitrogens is 2. The van der Waals surface area contributed by atoms with Gasteiger partial charge in [0, 0.05) is 25.7 Å². The molecule has 1 saturated heterocycles. The summed E-state index contributed by atoms with van der Waals surface area (Å²) in [5.74, 6) is 0.899. The molecule has 1 N–H and O–H groups in total. The van der Waals surface area contributed by atoms with Crippen molar-refractivity contribution in [3.8, 4) is 0 Å². The molecule has 0 unspecified atom stereocenters. The predicted molar refractivity (Wildman–Crippen MR) is 117 cm³/mol. The molecule has 4 rings (SSSR count). The van der Waals surface area contributed by atoms with Crippen molar-refractivity contribution in [2.45, 2.75) is 37.9 Å². The van der Waals surface area contributed by atoms with Crippen molar-refractivity contribution in [1.82, 2.24) is 19.2 Å². The highest BCUT2D eigenvalue weighted by Gasteiger charge is 2.27. The van der Waals surface area contributed by atoms with Crippen LogP contribution in [0.4, 0.5) is 0 Å². The second kappa shape index (κ2) is 8.85. The van der Waals surface area contributed by atoms with Gasteiger partial charge in [-0.3, -0.25) is 0 Å². The molecule has 7 nitrogen and oxygen atoms in total. The van der Waals surface area contributed by atoms with Gasteiger partial charge in [-0.15, -0.1) is 0 Å². The van der Waals surface area contributed by atoms with Gasteiger partial charge in [0.25, 0.3) is 0 Å². The topological polar surface area (TPSA) is 76.5 Å². The fourth-order valence-corrected chi connectivity index (χ4v) is 5.28. The third-order valence-corrected chi connectivity index (χ3v) is 7.48. The Morgan fingerprint density at radius 3 is 2.57 bits per heavy atom. The molecular formula is C22H28N4O3S.